The fourth-order valence-electron chi connectivity index (χ4n) is 1.99. The van der Waals surface area contributed by atoms with E-state index >= 15 is 0 Å². The third-order valence-corrected chi connectivity index (χ3v) is 3.14. The minimum absolute atomic E-state index is 0.106. The van der Waals surface area contributed by atoms with Crippen molar-refractivity contribution < 1.29 is 24.3 Å². The van der Waals surface area contributed by atoms with Gasteiger partial charge in [0, 0.05) is 19.0 Å². The average Bonchev–Trinajstić information content (AvgIpc) is 2.42. The number of carbonyl (C=O) groups is 4. The van der Waals surface area contributed by atoms with Gasteiger partial charge in [-0.25, -0.2) is 0 Å². The second-order valence-electron chi connectivity index (χ2n) is 4.48. The molecule has 0 bridgehead atoms. The summed E-state index contributed by atoms with van der Waals surface area (Å²) in [5.74, 6) is -2.35. The van der Waals surface area contributed by atoms with Crippen LogP contribution in [0.5, 0.6) is 0 Å². The van der Waals surface area contributed by atoms with E-state index < -0.39 is 29.5 Å². The number of carbonyl (C=O) groups excluding carboxylic acids is 4. The van der Waals surface area contributed by atoms with Gasteiger partial charge in [0.25, 0.3) is 5.91 Å². The lowest BCUT2D eigenvalue weighted by molar-refractivity contribution is -0.142. The molecule has 0 radical (unpaired) electrons. The number of rotatable bonds is 5. The zero-order valence-electron chi connectivity index (χ0n) is 11.6. The highest BCUT2D eigenvalue weighted by Gasteiger charge is 2.34. The van der Waals surface area contributed by atoms with E-state index in [0.717, 1.165) is 11.0 Å². The number of nitrogens with zero attached hydrogens (tertiary/aromatic N) is 1. The van der Waals surface area contributed by atoms with Crippen molar-refractivity contribution in [2.45, 2.75) is 18.9 Å². The molecule has 21 heavy (non-hydrogen) atoms. The highest BCUT2D eigenvalue weighted by Crippen LogP contribution is 2.18. The molecule has 1 saturated heterocycles. The summed E-state index contributed by atoms with van der Waals surface area (Å²) in [7, 11) is 1.34. The van der Waals surface area contributed by atoms with Crippen LogP contribution in [0.3, 0.4) is 0 Å². The summed E-state index contributed by atoms with van der Waals surface area (Å²) in [6.07, 6.45) is 1.75. The molecule has 0 spiro atoms. The Bertz CT molecular complexity index is 552. The zero-order chi connectivity index (χ0) is 16.2. The Kier molecular flexibility index (Phi) is 5.18. The van der Waals surface area contributed by atoms with Crippen molar-refractivity contribution in [1.82, 2.24) is 10.2 Å². The first-order valence-corrected chi connectivity index (χ1v) is 6.14. The number of likely N-dealkylation sites (N-methyl/N-ethyl adjacent to an activating group) is 1. The van der Waals surface area contributed by atoms with Gasteiger partial charge >= 0.3 is 0 Å². The number of allylic oxidation sites excluding steroid dienone is 2. The molecule has 1 unspecified atom stereocenters. The highest BCUT2D eigenvalue weighted by atomic mass is 16.3. The van der Waals surface area contributed by atoms with Crippen LogP contribution in [0.15, 0.2) is 36.1 Å². The first-order chi connectivity index (χ1) is 9.83. The van der Waals surface area contributed by atoms with Gasteiger partial charge in [-0.05, 0) is 6.42 Å². The number of nitrogens with one attached hydrogen (secondary N) is 1. The van der Waals surface area contributed by atoms with Gasteiger partial charge in [0.15, 0.2) is 6.29 Å². The predicted octanol–water partition coefficient (Wildman–Crippen LogP) is 0.00320. The van der Waals surface area contributed by atoms with Crippen LogP contribution >= 0.6 is 0 Å². The molecule has 0 saturated carbocycles. The number of aldehydes is 1. The number of aliphatic hydroxyl groups excluding tert-OH is 1. The number of hydrogen-bond donors (Lipinski definition) is 2. The molecule has 0 aliphatic carbocycles. The molecule has 2 N–H and O–H groups in total. The molecule has 0 aromatic heterocycles. The fourth-order valence-corrected chi connectivity index (χ4v) is 1.99. The van der Waals surface area contributed by atoms with Crippen molar-refractivity contribution in [3.63, 3.8) is 0 Å². The predicted molar refractivity (Wildman–Crippen MR) is 74.0 cm³/mol. The topological polar surface area (TPSA) is 104 Å². The summed E-state index contributed by atoms with van der Waals surface area (Å²) in [5.41, 5.74) is -0.459. The Morgan fingerprint density at radius 1 is 1.48 bits per heavy atom. The molecule has 3 amide bonds. The van der Waals surface area contributed by atoms with Crippen LogP contribution in [0.1, 0.15) is 12.8 Å². The number of imide groups is 1. The molecule has 0 aromatic carbocycles. The smallest absolute Gasteiger partial charge is 0.258 e. The molecule has 1 atom stereocenters. The lowest BCUT2D eigenvalue weighted by Crippen LogP contribution is -2.53. The monoisotopic (exact) mass is 292 g/mol. The first kappa shape index (κ1) is 16.4. The molecule has 1 rings (SSSR count). The van der Waals surface area contributed by atoms with Gasteiger partial charge in [0.2, 0.25) is 11.8 Å². The Balaban J connectivity index is 3.10. The highest BCUT2D eigenvalue weighted by molar-refractivity contribution is 6.07. The number of aliphatic hydroxyl groups is 1. The molecule has 1 aliphatic heterocycles. The minimum Gasteiger partial charge on any atom is -0.508 e. The van der Waals surface area contributed by atoms with Crippen LogP contribution in [0.4, 0.5) is 0 Å². The summed E-state index contributed by atoms with van der Waals surface area (Å²) in [6.45, 7) is 6.62. The fraction of sp³-hybridized carbons (Fsp3) is 0.286. The minimum atomic E-state index is -0.859. The maximum atomic E-state index is 12.3. The van der Waals surface area contributed by atoms with Crippen molar-refractivity contribution >= 4 is 24.0 Å². The van der Waals surface area contributed by atoms with Crippen LogP contribution in [0.2, 0.25) is 0 Å². The molecular weight excluding hydrogens is 276 g/mol. The zero-order valence-corrected chi connectivity index (χ0v) is 11.6. The second kappa shape index (κ2) is 6.65. The third kappa shape index (κ3) is 3.44. The molecule has 1 aliphatic rings. The van der Waals surface area contributed by atoms with E-state index in [0.29, 0.717) is 6.29 Å². The third-order valence-electron chi connectivity index (χ3n) is 3.14. The molecular formula is C14H16N2O5. The van der Waals surface area contributed by atoms with Crippen molar-refractivity contribution in [1.29, 1.82) is 0 Å². The van der Waals surface area contributed by atoms with Gasteiger partial charge in [-0.3, -0.25) is 24.5 Å². The second-order valence-corrected chi connectivity index (χ2v) is 4.48. The summed E-state index contributed by atoms with van der Waals surface area (Å²) in [4.78, 5) is 47.2. The normalized spacial score (nSPS) is 19.2. The SMILES string of the molecule is C=C/C(C=O)=C(\C(=C)O)C(=O)N(C)C1CCC(=O)NC1=O. The van der Waals surface area contributed by atoms with Gasteiger partial charge in [-0.15, -0.1) is 0 Å². The number of piperidine rings is 1. The van der Waals surface area contributed by atoms with E-state index in [-0.39, 0.29) is 24.0 Å². The van der Waals surface area contributed by atoms with E-state index in [4.69, 9.17) is 0 Å². The van der Waals surface area contributed by atoms with E-state index in [1.807, 2.05) is 0 Å². The maximum Gasteiger partial charge on any atom is 0.258 e. The molecule has 0 aromatic rings. The van der Waals surface area contributed by atoms with Gasteiger partial charge in [0.05, 0.1) is 5.57 Å². The van der Waals surface area contributed by atoms with Crippen LogP contribution in [-0.4, -0.2) is 47.1 Å². The van der Waals surface area contributed by atoms with Crippen LogP contribution in [-0.2, 0) is 19.2 Å². The van der Waals surface area contributed by atoms with E-state index in [2.05, 4.69) is 18.5 Å². The van der Waals surface area contributed by atoms with Crippen molar-refractivity contribution in [2.75, 3.05) is 7.05 Å². The number of hydrogen-bond acceptors (Lipinski definition) is 5. The molecule has 112 valence electrons. The van der Waals surface area contributed by atoms with Crippen LogP contribution < -0.4 is 5.32 Å². The van der Waals surface area contributed by atoms with Crippen molar-refractivity contribution in [2.24, 2.45) is 0 Å². The van der Waals surface area contributed by atoms with Crippen LogP contribution in [0, 0.1) is 0 Å². The van der Waals surface area contributed by atoms with Crippen LogP contribution in [0.25, 0.3) is 0 Å². The lowest BCUT2D eigenvalue weighted by atomic mass is 10.0. The maximum absolute atomic E-state index is 12.3. The lowest BCUT2D eigenvalue weighted by Gasteiger charge is -2.30. The van der Waals surface area contributed by atoms with Gasteiger partial charge < -0.3 is 10.0 Å². The summed E-state index contributed by atoms with van der Waals surface area (Å²) < 4.78 is 0. The summed E-state index contributed by atoms with van der Waals surface area (Å²) >= 11 is 0. The Hall–Kier alpha value is -2.70. The van der Waals surface area contributed by atoms with Crippen molar-refractivity contribution in [3.05, 3.63) is 36.1 Å². The Morgan fingerprint density at radius 2 is 2.10 bits per heavy atom. The summed E-state index contributed by atoms with van der Waals surface area (Å²) in [6, 6.07) is -0.859. The average molecular weight is 292 g/mol. The van der Waals surface area contributed by atoms with E-state index in [9.17, 15) is 24.3 Å². The molecule has 1 fully saturated rings. The van der Waals surface area contributed by atoms with Gasteiger partial charge in [0.1, 0.15) is 11.8 Å². The quantitative estimate of drug-likeness (QED) is 0.244. The van der Waals surface area contributed by atoms with E-state index in [1.54, 1.807) is 0 Å². The number of amides is 3. The van der Waals surface area contributed by atoms with Crippen molar-refractivity contribution in [3.8, 4) is 0 Å². The molecule has 1 heterocycles. The molecule has 7 heteroatoms. The van der Waals surface area contributed by atoms with Gasteiger partial charge in [-0.2, -0.15) is 0 Å². The molecule has 7 nitrogen and oxygen atoms in total. The Labute approximate surface area is 121 Å². The van der Waals surface area contributed by atoms with E-state index in [1.165, 1.54) is 7.05 Å². The Morgan fingerprint density at radius 3 is 2.52 bits per heavy atom. The standard InChI is InChI=1S/C14H16N2O5/c1-4-9(7-17)12(8(2)18)14(21)16(3)10-5-6-11(19)15-13(10)20/h4,7,10,18H,1-2,5-6H2,3H3,(H,15,19,20)/b12-9-. The first-order valence-electron chi connectivity index (χ1n) is 6.14. The van der Waals surface area contributed by atoms with Gasteiger partial charge in [-0.1, -0.05) is 19.2 Å². The summed E-state index contributed by atoms with van der Waals surface area (Å²) in [5, 5.41) is 11.6. The largest absolute Gasteiger partial charge is 0.508 e.